The van der Waals surface area contributed by atoms with Crippen LogP contribution in [0.3, 0.4) is 0 Å². The van der Waals surface area contributed by atoms with Crippen LogP contribution in [0.25, 0.3) is 0 Å². The molecule has 0 aromatic heterocycles. The van der Waals surface area contributed by atoms with Crippen molar-refractivity contribution >= 4 is 5.91 Å². The molecule has 4 rings (SSSR count). The van der Waals surface area contributed by atoms with Crippen LogP contribution in [0.2, 0.25) is 0 Å². The topological polar surface area (TPSA) is 41.1 Å². The monoisotopic (exact) mass is 432 g/mol. The summed E-state index contributed by atoms with van der Waals surface area (Å²) >= 11 is 0. The third kappa shape index (κ3) is 4.97. The number of carbonyl (C=O) groups excluding carboxylic acids is 1. The van der Waals surface area contributed by atoms with Crippen LogP contribution < -0.4 is 10.6 Å². The molecule has 2 N–H and O–H groups in total. The molecule has 2 unspecified atom stereocenters. The lowest BCUT2D eigenvalue weighted by atomic mass is 9.49. The summed E-state index contributed by atoms with van der Waals surface area (Å²) < 4.78 is 28.2. The summed E-state index contributed by atoms with van der Waals surface area (Å²) in [4.78, 5) is 12.6. The third-order valence-corrected chi connectivity index (χ3v) is 8.24. The average molecular weight is 433 g/mol. The number of nitrogens with one attached hydrogen (secondary N) is 2. The van der Waals surface area contributed by atoms with Gasteiger partial charge in [-0.05, 0) is 80.2 Å². The maximum Gasteiger partial charge on any atom is 0.280 e. The highest BCUT2D eigenvalue weighted by Gasteiger charge is 2.51. The Morgan fingerprint density at radius 2 is 2.00 bits per heavy atom. The van der Waals surface area contributed by atoms with E-state index in [1.54, 1.807) is 0 Å². The number of carbonyl (C=O) groups is 1. The van der Waals surface area contributed by atoms with Gasteiger partial charge in [0.1, 0.15) is 0 Å². The molecule has 5 heteroatoms. The Balaban J connectivity index is 1.44. The Hall–Kier alpha value is -1.49. The number of halogens is 2. The first kappa shape index (κ1) is 22.7. The van der Waals surface area contributed by atoms with Gasteiger partial charge in [0.15, 0.2) is 0 Å². The molecule has 1 heterocycles. The Bertz CT molecular complexity index is 751. The van der Waals surface area contributed by atoms with Gasteiger partial charge in [-0.25, -0.2) is 8.78 Å². The molecule has 3 fully saturated rings. The van der Waals surface area contributed by atoms with Gasteiger partial charge in [-0.15, -0.1) is 0 Å². The fourth-order valence-electron chi connectivity index (χ4n) is 7.10. The molecule has 2 bridgehead atoms. The van der Waals surface area contributed by atoms with E-state index < -0.39 is 12.0 Å². The van der Waals surface area contributed by atoms with E-state index in [9.17, 15) is 13.6 Å². The van der Waals surface area contributed by atoms with Gasteiger partial charge in [-0.2, -0.15) is 0 Å². The molecule has 3 aliphatic rings. The van der Waals surface area contributed by atoms with Crippen molar-refractivity contribution in [1.82, 2.24) is 10.6 Å². The summed E-state index contributed by atoms with van der Waals surface area (Å²) in [6.45, 7) is 2.46. The van der Waals surface area contributed by atoms with E-state index >= 15 is 0 Å². The molecule has 4 atom stereocenters. The first-order valence-electron chi connectivity index (χ1n) is 12.3. The van der Waals surface area contributed by atoms with Gasteiger partial charge in [0.25, 0.3) is 5.92 Å². The quantitative estimate of drug-likeness (QED) is 0.590. The maximum atomic E-state index is 14.1. The highest BCUT2D eigenvalue weighted by atomic mass is 19.3. The molecule has 1 saturated heterocycles. The van der Waals surface area contributed by atoms with Crippen LogP contribution in [-0.2, 0) is 10.2 Å². The van der Waals surface area contributed by atoms with Crippen LogP contribution >= 0.6 is 0 Å². The fourth-order valence-corrected chi connectivity index (χ4v) is 7.10. The van der Waals surface area contributed by atoms with Gasteiger partial charge in [-0.3, -0.25) is 4.79 Å². The molecule has 2 aliphatic carbocycles. The van der Waals surface area contributed by atoms with Gasteiger partial charge in [0.05, 0.1) is 12.6 Å². The predicted octanol–water partition coefficient (Wildman–Crippen LogP) is 5.59. The molecule has 31 heavy (non-hydrogen) atoms. The molecule has 1 aromatic rings. The van der Waals surface area contributed by atoms with Crippen molar-refractivity contribution in [3.63, 3.8) is 0 Å². The van der Waals surface area contributed by atoms with Gasteiger partial charge in [0.2, 0.25) is 5.91 Å². The predicted molar refractivity (Wildman–Crippen MR) is 120 cm³/mol. The van der Waals surface area contributed by atoms with Crippen LogP contribution in [0.5, 0.6) is 0 Å². The minimum absolute atomic E-state index is 0.208. The Kier molecular flexibility index (Phi) is 6.71. The number of amides is 1. The number of benzene rings is 1. The second kappa shape index (κ2) is 9.17. The number of rotatable bonds is 7. The van der Waals surface area contributed by atoms with Gasteiger partial charge in [0, 0.05) is 6.42 Å². The number of fused-ring (bicyclic) bond motifs is 2. The Morgan fingerprint density at radius 3 is 2.74 bits per heavy atom. The Morgan fingerprint density at radius 1 is 1.19 bits per heavy atom. The van der Waals surface area contributed by atoms with Crippen molar-refractivity contribution in [3.8, 4) is 0 Å². The molecular weight excluding hydrogens is 394 g/mol. The van der Waals surface area contributed by atoms with Crippen molar-refractivity contribution < 1.29 is 13.6 Å². The van der Waals surface area contributed by atoms with Crippen LogP contribution in [0.4, 0.5) is 8.78 Å². The number of piperidine rings is 1. The zero-order chi connectivity index (χ0) is 22.0. The second-order valence-corrected chi connectivity index (χ2v) is 10.6. The summed E-state index contributed by atoms with van der Waals surface area (Å²) in [5, 5.41) is 5.37. The van der Waals surface area contributed by atoms with Gasteiger partial charge < -0.3 is 10.6 Å². The number of alkyl halides is 2. The van der Waals surface area contributed by atoms with E-state index in [0.717, 1.165) is 12.8 Å². The van der Waals surface area contributed by atoms with Crippen molar-refractivity contribution in [2.45, 2.75) is 94.9 Å². The smallest absolute Gasteiger partial charge is 0.280 e. The third-order valence-electron chi connectivity index (χ3n) is 8.24. The summed E-state index contributed by atoms with van der Waals surface area (Å²) in [6.07, 6.45) is 11.3. The first-order chi connectivity index (χ1) is 14.9. The summed E-state index contributed by atoms with van der Waals surface area (Å²) in [5.41, 5.74) is 2.05. The lowest BCUT2D eigenvalue weighted by molar-refractivity contribution is -0.127. The van der Waals surface area contributed by atoms with E-state index in [1.807, 2.05) is 0 Å². The van der Waals surface area contributed by atoms with Crippen molar-refractivity contribution in [1.29, 1.82) is 0 Å². The molecule has 1 amide bonds. The lowest BCUT2D eigenvalue weighted by Crippen LogP contribution is -2.57. The van der Waals surface area contributed by atoms with Gasteiger partial charge >= 0.3 is 0 Å². The van der Waals surface area contributed by atoms with E-state index in [1.165, 1.54) is 50.5 Å². The van der Waals surface area contributed by atoms with Crippen LogP contribution in [0.1, 0.15) is 83.1 Å². The molecular formula is C26H38F2N2O. The summed E-state index contributed by atoms with van der Waals surface area (Å²) in [7, 11) is 0. The molecule has 0 spiro atoms. The molecule has 2 saturated carbocycles. The molecule has 1 aromatic carbocycles. The van der Waals surface area contributed by atoms with Crippen molar-refractivity contribution in [3.05, 3.63) is 35.9 Å². The molecule has 3 nitrogen and oxygen atoms in total. The highest BCUT2D eigenvalue weighted by molar-refractivity contribution is 5.76. The van der Waals surface area contributed by atoms with Crippen LogP contribution in [0.15, 0.2) is 30.3 Å². The van der Waals surface area contributed by atoms with E-state index in [-0.39, 0.29) is 17.9 Å². The van der Waals surface area contributed by atoms with E-state index in [0.29, 0.717) is 30.7 Å². The standard InChI is InChI=1S/C26H38F2N2O/c1-2-12-24-13-6-14-25(18-24,21-7-4-3-5-8-21)17-20(16-24)9-10-23(31)30-22-11-15-29-19-26(22,27)28/h3-5,7-8,20,22,29H,2,6,9-19H2,1H3,(H,30,31)/t20?,22?,24-,25-/m1/s1. The second-order valence-electron chi connectivity index (χ2n) is 10.6. The summed E-state index contributed by atoms with van der Waals surface area (Å²) in [6, 6.07) is 9.93. The first-order valence-corrected chi connectivity index (χ1v) is 12.3. The minimum atomic E-state index is -2.86. The molecule has 0 radical (unpaired) electrons. The maximum absolute atomic E-state index is 14.1. The highest BCUT2D eigenvalue weighted by Crippen LogP contribution is 2.60. The fraction of sp³-hybridized carbons (Fsp3) is 0.731. The number of hydrogen-bond acceptors (Lipinski definition) is 2. The normalized spacial score (nSPS) is 34.8. The van der Waals surface area contributed by atoms with Gasteiger partial charge in [-0.1, -0.05) is 50.1 Å². The Labute approximate surface area is 185 Å². The molecule has 1 aliphatic heterocycles. The van der Waals surface area contributed by atoms with E-state index in [2.05, 4.69) is 47.9 Å². The average Bonchev–Trinajstić information content (AvgIpc) is 2.74. The largest absolute Gasteiger partial charge is 0.347 e. The SMILES string of the molecule is CCC[C@@]12CCC[C@@](c3ccccc3)(CC(CCC(=O)NC3CCNCC3(F)F)C1)C2. The summed E-state index contributed by atoms with van der Waals surface area (Å²) in [5.74, 6) is -2.58. The lowest BCUT2D eigenvalue weighted by Gasteiger charge is -2.56. The zero-order valence-electron chi connectivity index (χ0n) is 18.9. The van der Waals surface area contributed by atoms with Crippen molar-refractivity contribution in [2.24, 2.45) is 11.3 Å². The molecule has 172 valence electrons. The zero-order valence-corrected chi connectivity index (χ0v) is 18.9. The van der Waals surface area contributed by atoms with Crippen molar-refractivity contribution in [2.75, 3.05) is 13.1 Å². The van der Waals surface area contributed by atoms with E-state index in [4.69, 9.17) is 0 Å². The minimum Gasteiger partial charge on any atom is -0.347 e. The number of hydrogen-bond donors (Lipinski definition) is 2. The van der Waals surface area contributed by atoms with Crippen LogP contribution in [-0.4, -0.2) is 31.0 Å². The van der Waals surface area contributed by atoms with Crippen LogP contribution in [0, 0.1) is 11.3 Å².